The number of carboxylic acid groups (broad SMARTS) is 1. The van der Waals surface area contributed by atoms with E-state index in [0.29, 0.717) is 17.1 Å². The molecular formula is C13H14N4O3S. The van der Waals surface area contributed by atoms with E-state index in [4.69, 9.17) is 22.1 Å². The highest BCUT2D eigenvalue weighted by Crippen LogP contribution is 2.23. The number of carbonyl (C=O) groups is 1. The van der Waals surface area contributed by atoms with Crippen LogP contribution >= 0.6 is 12.2 Å². The molecule has 0 radical (unpaired) electrons. The third-order valence-electron chi connectivity index (χ3n) is 2.74. The number of methoxy groups -OCH3 is 1. The second-order valence-corrected chi connectivity index (χ2v) is 4.52. The van der Waals surface area contributed by atoms with Gasteiger partial charge < -0.3 is 20.5 Å². The molecule has 0 fully saturated rings. The van der Waals surface area contributed by atoms with Crippen molar-refractivity contribution < 1.29 is 14.6 Å². The topological polar surface area (TPSA) is 88.4 Å². The van der Waals surface area contributed by atoms with E-state index >= 15 is 0 Å². The molecule has 0 amide bonds. The van der Waals surface area contributed by atoms with Gasteiger partial charge in [0.15, 0.2) is 10.8 Å². The second kappa shape index (κ2) is 6.23. The van der Waals surface area contributed by atoms with Crippen molar-refractivity contribution in [3.05, 3.63) is 36.2 Å². The lowest BCUT2D eigenvalue weighted by Gasteiger charge is -2.12. The Bertz CT molecular complexity index is 684. The molecule has 0 atom stereocenters. The van der Waals surface area contributed by atoms with Crippen molar-refractivity contribution in [3.63, 3.8) is 0 Å². The van der Waals surface area contributed by atoms with Crippen molar-refractivity contribution in [2.45, 2.75) is 0 Å². The number of anilines is 2. The van der Waals surface area contributed by atoms with Crippen LogP contribution in [0.4, 0.5) is 11.4 Å². The second-order valence-electron chi connectivity index (χ2n) is 4.12. The van der Waals surface area contributed by atoms with Gasteiger partial charge in [0.05, 0.1) is 24.7 Å². The van der Waals surface area contributed by atoms with Crippen molar-refractivity contribution in [3.8, 4) is 5.75 Å². The fourth-order valence-corrected chi connectivity index (χ4v) is 2.03. The van der Waals surface area contributed by atoms with Gasteiger partial charge in [0.2, 0.25) is 0 Å². The smallest absolute Gasteiger partial charge is 0.356 e. The van der Waals surface area contributed by atoms with Crippen LogP contribution in [0, 0.1) is 0 Å². The van der Waals surface area contributed by atoms with Gasteiger partial charge in [-0.1, -0.05) is 12.1 Å². The Hall–Kier alpha value is -2.61. The maximum Gasteiger partial charge on any atom is 0.356 e. The number of carboxylic acids is 1. The quantitative estimate of drug-likeness (QED) is 0.744. The van der Waals surface area contributed by atoms with E-state index in [1.807, 2.05) is 12.1 Å². The molecule has 0 unspecified atom stereocenters. The van der Waals surface area contributed by atoms with Crippen molar-refractivity contribution >= 4 is 34.7 Å². The van der Waals surface area contributed by atoms with Crippen LogP contribution in [0.5, 0.6) is 5.75 Å². The number of aromatic carboxylic acids is 1. The monoisotopic (exact) mass is 306 g/mol. The summed E-state index contributed by atoms with van der Waals surface area (Å²) >= 11 is 5.17. The largest absolute Gasteiger partial charge is 0.495 e. The zero-order chi connectivity index (χ0) is 15.4. The van der Waals surface area contributed by atoms with E-state index in [9.17, 15) is 4.79 Å². The van der Waals surface area contributed by atoms with E-state index in [0.717, 1.165) is 0 Å². The van der Waals surface area contributed by atoms with Crippen molar-refractivity contribution in [2.24, 2.45) is 7.05 Å². The van der Waals surface area contributed by atoms with Gasteiger partial charge in [-0.2, -0.15) is 5.10 Å². The third-order valence-corrected chi connectivity index (χ3v) is 2.95. The number of aryl methyl sites for hydroxylation is 1. The summed E-state index contributed by atoms with van der Waals surface area (Å²) in [5.74, 6) is -0.455. The number of rotatable bonds is 4. The van der Waals surface area contributed by atoms with E-state index in [-0.39, 0.29) is 10.8 Å². The van der Waals surface area contributed by atoms with Gasteiger partial charge >= 0.3 is 5.97 Å². The minimum Gasteiger partial charge on any atom is -0.495 e. The Morgan fingerprint density at radius 3 is 2.67 bits per heavy atom. The number of hydrogen-bond acceptors (Lipinski definition) is 4. The molecule has 0 aliphatic rings. The Morgan fingerprint density at radius 2 is 2.00 bits per heavy atom. The summed E-state index contributed by atoms with van der Waals surface area (Å²) in [7, 11) is 3.10. The van der Waals surface area contributed by atoms with Crippen LogP contribution in [0.25, 0.3) is 0 Å². The van der Waals surface area contributed by atoms with E-state index in [1.54, 1.807) is 26.3 Å². The number of thiocarbonyl (C=S) groups is 1. The summed E-state index contributed by atoms with van der Waals surface area (Å²) < 4.78 is 6.46. The molecule has 0 bridgehead atoms. The van der Waals surface area contributed by atoms with Crippen molar-refractivity contribution in [1.82, 2.24) is 9.78 Å². The summed E-state index contributed by atoms with van der Waals surface area (Å²) in [6, 6.07) is 7.26. The molecular weight excluding hydrogens is 292 g/mol. The number of ether oxygens (including phenoxy) is 1. The molecule has 0 saturated carbocycles. The lowest BCUT2D eigenvalue weighted by atomic mass is 10.3. The molecule has 2 rings (SSSR count). The molecule has 7 nitrogen and oxygen atoms in total. The Morgan fingerprint density at radius 1 is 1.33 bits per heavy atom. The average Bonchev–Trinajstić information content (AvgIpc) is 2.80. The standard InChI is InChI=1S/C13H14N4O3S/c1-17-11(12(18)19)9(7-14-17)16-13(21)15-8-5-3-4-6-10(8)20-2/h3-7H,1-2H3,(H,18,19)(H2,15,16,21). The molecule has 3 N–H and O–H groups in total. The first-order valence-electron chi connectivity index (χ1n) is 5.99. The molecule has 110 valence electrons. The molecule has 2 aromatic rings. The van der Waals surface area contributed by atoms with Gasteiger partial charge in [-0.3, -0.25) is 4.68 Å². The fourth-order valence-electron chi connectivity index (χ4n) is 1.81. The predicted molar refractivity (Wildman–Crippen MR) is 83.0 cm³/mol. The van der Waals surface area contributed by atoms with Gasteiger partial charge in [0.1, 0.15) is 5.75 Å². The lowest BCUT2D eigenvalue weighted by Crippen LogP contribution is -2.21. The van der Waals surface area contributed by atoms with Gasteiger partial charge in [0, 0.05) is 7.05 Å². The van der Waals surface area contributed by atoms with Crippen molar-refractivity contribution in [1.29, 1.82) is 0 Å². The normalized spacial score (nSPS) is 10.0. The van der Waals surface area contributed by atoms with E-state index in [1.165, 1.54) is 10.9 Å². The molecule has 1 heterocycles. The molecule has 0 spiro atoms. The van der Waals surface area contributed by atoms with Crippen LogP contribution in [-0.2, 0) is 7.05 Å². The van der Waals surface area contributed by atoms with Gasteiger partial charge in [0.25, 0.3) is 0 Å². The van der Waals surface area contributed by atoms with Crippen molar-refractivity contribution in [2.75, 3.05) is 17.7 Å². The van der Waals surface area contributed by atoms with Gasteiger partial charge in [-0.15, -0.1) is 0 Å². The summed E-state index contributed by atoms with van der Waals surface area (Å²) in [4.78, 5) is 11.2. The number of benzene rings is 1. The number of hydrogen-bond donors (Lipinski definition) is 3. The fraction of sp³-hybridized carbons (Fsp3) is 0.154. The number of para-hydroxylation sites is 2. The Kier molecular flexibility index (Phi) is 4.39. The highest BCUT2D eigenvalue weighted by atomic mass is 32.1. The number of nitrogens with one attached hydrogen (secondary N) is 2. The highest BCUT2D eigenvalue weighted by Gasteiger charge is 2.16. The maximum atomic E-state index is 11.2. The molecule has 0 saturated heterocycles. The maximum absolute atomic E-state index is 11.2. The van der Waals surface area contributed by atoms with Crippen LogP contribution in [0.3, 0.4) is 0 Å². The summed E-state index contributed by atoms with van der Waals surface area (Å²) in [5, 5.41) is 19.0. The Labute approximate surface area is 126 Å². The minimum atomic E-state index is -1.09. The van der Waals surface area contributed by atoms with Crippen LogP contribution in [0.15, 0.2) is 30.5 Å². The first-order valence-corrected chi connectivity index (χ1v) is 6.40. The highest BCUT2D eigenvalue weighted by molar-refractivity contribution is 7.80. The molecule has 8 heteroatoms. The molecule has 1 aromatic carbocycles. The predicted octanol–water partition coefficient (Wildman–Crippen LogP) is 1.94. The summed E-state index contributed by atoms with van der Waals surface area (Å²) in [6.07, 6.45) is 1.40. The molecule has 1 aromatic heterocycles. The van der Waals surface area contributed by atoms with Gasteiger partial charge in [-0.25, -0.2) is 4.79 Å². The van der Waals surface area contributed by atoms with Crippen LogP contribution in [-0.4, -0.2) is 33.1 Å². The lowest BCUT2D eigenvalue weighted by molar-refractivity contribution is 0.0686. The summed E-state index contributed by atoms with van der Waals surface area (Å²) in [6.45, 7) is 0. The molecule has 21 heavy (non-hydrogen) atoms. The van der Waals surface area contributed by atoms with Gasteiger partial charge in [-0.05, 0) is 24.4 Å². The SMILES string of the molecule is COc1ccccc1NC(=S)Nc1cnn(C)c1C(=O)O. The van der Waals surface area contributed by atoms with E-state index in [2.05, 4.69) is 15.7 Å². The molecule has 0 aliphatic carbocycles. The van der Waals surface area contributed by atoms with E-state index < -0.39 is 5.97 Å². The molecule has 0 aliphatic heterocycles. The van der Waals surface area contributed by atoms with Crippen LogP contribution in [0.2, 0.25) is 0 Å². The third kappa shape index (κ3) is 3.29. The zero-order valence-electron chi connectivity index (χ0n) is 11.5. The summed E-state index contributed by atoms with van der Waals surface area (Å²) in [5.41, 5.74) is 1.02. The van der Waals surface area contributed by atoms with Crippen LogP contribution in [0.1, 0.15) is 10.5 Å². The Balaban J connectivity index is 2.14. The zero-order valence-corrected chi connectivity index (χ0v) is 12.3. The van der Waals surface area contributed by atoms with Crippen LogP contribution < -0.4 is 15.4 Å². The average molecular weight is 306 g/mol. The number of nitrogens with zero attached hydrogens (tertiary/aromatic N) is 2. The number of aromatic nitrogens is 2. The first-order chi connectivity index (χ1) is 10.0. The first kappa shape index (κ1) is 14.8. The minimum absolute atomic E-state index is 0.0270.